The molecule has 0 spiro atoms. The molecule has 1 N–H and O–H groups in total. The minimum Gasteiger partial charge on any atom is -0.489 e. The number of hydrogen-bond acceptors (Lipinski definition) is 2. The number of halogens is 3. The maximum Gasteiger partial charge on any atom is 0.139 e. The van der Waals surface area contributed by atoms with Gasteiger partial charge in [0.05, 0.1) is 16.1 Å². The van der Waals surface area contributed by atoms with Gasteiger partial charge in [0, 0.05) is 16.1 Å². The van der Waals surface area contributed by atoms with Crippen LogP contribution in [0.2, 0.25) is 10.0 Å². The molecule has 5 heteroatoms. The summed E-state index contributed by atoms with van der Waals surface area (Å²) in [5.74, 6) is 0.635. The van der Waals surface area contributed by atoms with E-state index in [1.807, 2.05) is 6.92 Å². The summed E-state index contributed by atoms with van der Waals surface area (Å²) in [5.41, 5.74) is 0.159. The highest BCUT2D eigenvalue weighted by Gasteiger charge is 2.12. The Bertz CT molecular complexity index is 446. The van der Waals surface area contributed by atoms with Crippen LogP contribution in [0.25, 0.3) is 0 Å². The number of nitrogens with one attached hydrogen (secondary N) is 1. The summed E-state index contributed by atoms with van der Waals surface area (Å²) in [6.07, 6.45) is 2.12. The number of benzene rings is 1. The second-order valence-corrected chi connectivity index (χ2v) is 7.61. The Kier molecular flexibility index (Phi) is 7.13. The number of rotatable bonds is 6. The normalized spacial score (nSPS) is 13.3. The molecule has 0 aromatic heterocycles. The number of ether oxygens (including phenoxy) is 1. The third-order valence-corrected chi connectivity index (χ3v) is 4.24. The van der Waals surface area contributed by atoms with Gasteiger partial charge in [0.25, 0.3) is 0 Å². The van der Waals surface area contributed by atoms with Gasteiger partial charge in [0.2, 0.25) is 0 Å². The van der Waals surface area contributed by atoms with Crippen molar-refractivity contribution in [3.8, 4) is 5.75 Å². The van der Waals surface area contributed by atoms with Crippen LogP contribution in [-0.2, 0) is 0 Å². The molecule has 0 aliphatic rings. The highest BCUT2D eigenvalue weighted by molar-refractivity contribution is 9.10. The van der Waals surface area contributed by atoms with Gasteiger partial charge in [0.15, 0.2) is 0 Å². The van der Waals surface area contributed by atoms with Crippen LogP contribution in [0.1, 0.15) is 40.5 Å². The lowest BCUT2D eigenvalue weighted by atomic mass is 10.1. The average Bonchev–Trinajstić information content (AvgIpc) is 2.30. The van der Waals surface area contributed by atoms with E-state index in [-0.39, 0.29) is 11.6 Å². The van der Waals surface area contributed by atoms with E-state index in [0.717, 1.165) is 23.9 Å². The highest BCUT2D eigenvalue weighted by atomic mass is 79.9. The van der Waals surface area contributed by atoms with Crippen LogP contribution in [0.15, 0.2) is 16.6 Å². The summed E-state index contributed by atoms with van der Waals surface area (Å²) in [5, 5.41) is 4.63. The molecule has 1 rings (SSSR count). The third kappa shape index (κ3) is 6.66. The van der Waals surface area contributed by atoms with E-state index in [1.165, 1.54) is 0 Å². The van der Waals surface area contributed by atoms with Crippen molar-refractivity contribution in [2.24, 2.45) is 0 Å². The van der Waals surface area contributed by atoms with Crippen LogP contribution in [0.5, 0.6) is 5.75 Å². The molecule has 1 unspecified atom stereocenters. The van der Waals surface area contributed by atoms with Gasteiger partial charge in [-0.05, 0) is 69.1 Å². The second kappa shape index (κ2) is 7.88. The van der Waals surface area contributed by atoms with Crippen LogP contribution in [0.4, 0.5) is 0 Å². The first-order chi connectivity index (χ1) is 9.19. The van der Waals surface area contributed by atoms with Crippen molar-refractivity contribution >= 4 is 39.1 Å². The molecule has 0 bridgehead atoms. The van der Waals surface area contributed by atoms with Gasteiger partial charge in [-0.2, -0.15) is 0 Å². The molecule has 0 aliphatic carbocycles. The smallest absolute Gasteiger partial charge is 0.139 e. The van der Waals surface area contributed by atoms with E-state index in [9.17, 15) is 0 Å². The van der Waals surface area contributed by atoms with Crippen LogP contribution in [0.3, 0.4) is 0 Å². The van der Waals surface area contributed by atoms with E-state index in [1.54, 1.807) is 12.1 Å². The molecule has 0 amide bonds. The predicted octanol–water partition coefficient (Wildman–Crippen LogP) is 5.69. The Balaban J connectivity index is 2.43. The first-order valence-electron chi connectivity index (χ1n) is 6.75. The molecule has 0 heterocycles. The Morgan fingerprint density at radius 2 is 1.90 bits per heavy atom. The molecule has 1 aromatic carbocycles. The minimum absolute atomic E-state index is 0.103. The summed E-state index contributed by atoms with van der Waals surface area (Å²) >= 11 is 15.5. The molecule has 114 valence electrons. The lowest BCUT2D eigenvalue weighted by molar-refractivity contribution is 0.206. The second-order valence-electron chi connectivity index (χ2n) is 5.94. The molecular formula is C15H22BrCl2NO. The zero-order valence-corrected chi connectivity index (χ0v) is 15.5. The van der Waals surface area contributed by atoms with Crippen molar-refractivity contribution in [2.75, 3.05) is 6.54 Å². The zero-order chi connectivity index (χ0) is 15.3. The van der Waals surface area contributed by atoms with Crippen molar-refractivity contribution in [1.29, 1.82) is 0 Å². The van der Waals surface area contributed by atoms with Crippen molar-refractivity contribution in [2.45, 2.75) is 52.2 Å². The van der Waals surface area contributed by atoms with E-state index >= 15 is 0 Å². The fourth-order valence-corrected chi connectivity index (χ4v) is 2.56. The fraction of sp³-hybridized carbons (Fsp3) is 0.600. The van der Waals surface area contributed by atoms with E-state index in [4.69, 9.17) is 27.9 Å². The first kappa shape index (κ1) is 18.1. The molecule has 20 heavy (non-hydrogen) atoms. The summed E-state index contributed by atoms with van der Waals surface area (Å²) < 4.78 is 6.62. The van der Waals surface area contributed by atoms with Crippen molar-refractivity contribution in [1.82, 2.24) is 5.32 Å². The predicted molar refractivity (Wildman–Crippen MR) is 91.2 cm³/mol. The molecule has 1 atom stereocenters. The van der Waals surface area contributed by atoms with Crippen molar-refractivity contribution < 1.29 is 4.74 Å². The van der Waals surface area contributed by atoms with Gasteiger partial charge in [-0.25, -0.2) is 0 Å². The first-order valence-corrected chi connectivity index (χ1v) is 8.30. The molecule has 0 saturated carbocycles. The van der Waals surface area contributed by atoms with Gasteiger partial charge >= 0.3 is 0 Å². The Morgan fingerprint density at radius 3 is 2.50 bits per heavy atom. The van der Waals surface area contributed by atoms with Crippen LogP contribution < -0.4 is 10.1 Å². The molecular weight excluding hydrogens is 361 g/mol. The summed E-state index contributed by atoms with van der Waals surface area (Å²) in [6, 6.07) is 3.50. The molecule has 0 saturated heterocycles. The fourth-order valence-electron chi connectivity index (χ4n) is 1.72. The Labute approximate surface area is 140 Å². The van der Waals surface area contributed by atoms with Gasteiger partial charge in [0.1, 0.15) is 5.75 Å². The zero-order valence-electron chi connectivity index (χ0n) is 12.4. The topological polar surface area (TPSA) is 21.3 Å². The summed E-state index contributed by atoms with van der Waals surface area (Å²) in [7, 11) is 0. The van der Waals surface area contributed by atoms with Crippen molar-refractivity contribution in [3.05, 3.63) is 26.7 Å². The maximum atomic E-state index is 6.14. The molecule has 0 fully saturated rings. The SMILES string of the molecule is CC(CCCNC(C)(C)C)Oc1cc(Cl)c(Br)cc1Cl. The third-order valence-electron chi connectivity index (χ3n) is 2.75. The van der Waals surface area contributed by atoms with Gasteiger partial charge < -0.3 is 10.1 Å². The summed E-state index contributed by atoms with van der Waals surface area (Å²) in [4.78, 5) is 0. The summed E-state index contributed by atoms with van der Waals surface area (Å²) in [6.45, 7) is 9.51. The molecule has 0 radical (unpaired) electrons. The minimum atomic E-state index is 0.103. The quantitative estimate of drug-likeness (QED) is 0.503. The van der Waals surface area contributed by atoms with Crippen LogP contribution in [0, 0.1) is 0 Å². The van der Waals surface area contributed by atoms with Crippen molar-refractivity contribution in [3.63, 3.8) is 0 Å². The lowest BCUT2D eigenvalue weighted by Gasteiger charge is -2.21. The number of hydrogen-bond donors (Lipinski definition) is 1. The largest absolute Gasteiger partial charge is 0.489 e. The maximum absolute atomic E-state index is 6.14. The van der Waals surface area contributed by atoms with E-state index < -0.39 is 0 Å². The molecule has 0 aliphatic heterocycles. The Morgan fingerprint density at radius 1 is 1.25 bits per heavy atom. The Hall–Kier alpha value is 0.0400. The molecule has 1 aromatic rings. The average molecular weight is 383 g/mol. The van der Waals surface area contributed by atoms with Gasteiger partial charge in [-0.15, -0.1) is 0 Å². The van der Waals surface area contributed by atoms with E-state index in [0.29, 0.717) is 15.8 Å². The van der Waals surface area contributed by atoms with Gasteiger partial charge in [-0.3, -0.25) is 0 Å². The van der Waals surface area contributed by atoms with Crippen LogP contribution in [-0.4, -0.2) is 18.2 Å². The van der Waals surface area contributed by atoms with E-state index in [2.05, 4.69) is 42.0 Å². The lowest BCUT2D eigenvalue weighted by Crippen LogP contribution is -2.36. The standard InChI is InChI=1S/C15H22BrCl2NO/c1-10(6-5-7-19-15(2,3)4)20-14-9-12(17)11(16)8-13(14)18/h8-10,19H,5-7H2,1-4H3. The highest BCUT2D eigenvalue weighted by Crippen LogP contribution is 2.34. The van der Waals surface area contributed by atoms with Crippen LogP contribution >= 0.6 is 39.1 Å². The molecule has 2 nitrogen and oxygen atoms in total. The monoisotopic (exact) mass is 381 g/mol. The van der Waals surface area contributed by atoms with Gasteiger partial charge in [-0.1, -0.05) is 23.2 Å².